The maximum Gasteiger partial charge on any atom is 0.350 e. The Morgan fingerprint density at radius 2 is 1.73 bits per heavy atom. The molecule has 0 aliphatic carbocycles. The number of amides is 2. The first kappa shape index (κ1) is 15.9. The molecule has 8 nitrogen and oxygen atoms in total. The van der Waals surface area contributed by atoms with E-state index in [1.165, 1.54) is 12.1 Å². The van der Waals surface area contributed by atoms with Gasteiger partial charge in [0.15, 0.2) is 0 Å². The molecule has 22 heavy (non-hydrogen) atoms. The number of nitrogens with two attached hydrogens (primary N) is 2. The molecule has 0 spiro atoms. The maximum atomic E-state index is 11.6. The fraction of sp³-hybridized carbons (Fsp3) is 0. The molecule has 0 aromatic heterocycles. The number of anilines is 1. The lowest BCUT2D eigenvalue weighted by molar-refractivity contribution is 0.246. The van der Waals surface area contributed by atoms with Crippen molar-refractivity contribution in [3.63, 3.8) is 0 Å². The second-order valence-corrected chi connectivity index (χ2v) is 5.73. The monoisotopic (exact) mass is 322 g/mol. The Morgan fingerprint density at radius 1 is 1.09 bits per heavy atom. The summed E-state index contributed by atoms with van der Waals surface area (Å²) in [6.45, 7) is 0. The number of nitrogens with one attached hydrogen (secondary N) is 1. The van der Waals surface area contributed by atoms with E-state index >= 15 is 0 Å². The van der Waals surface area contributed by atoms with E-state index in [9.17, 15) is 17.8 Å². The van der Waals surface area contributed by atoms with Gasteiger partial charge in [0.2, 0.25) is 0 Å². The van der Waals surface area contributed by atoms with Gasteiger partial charge in [-0.15, -0.1) is 0 Å². The summed E-state index contributed by atoms with van der Waals surface area (Å²) in [6.07, 6.45) is 0. The molecule has 2 amide bonds. The third kappa shape index (κ3) is 3.23. The summed E-state index contributed by atoms with van der Waals surface area (Å²) in [6, 6.07) is 12.1. The summed E-state index contributed by atoms with van der Waals surface area (Å²) in [5.41, 5.74) is 2.85. The van der Waals surface area contributed by atoms with Crippen molar-refractivity contribution in [2.24, 2.45) is 11.7 Å². The Hall–Kier alpha value is -2.46. The van der Waals surface area contributed by atoms with Crippen LogP contribution in [-0.4, -0.2) is 19.0 Å². The lowest BCUT2D eigenvalue weighted by Crippen LogP contribution is -2.48. The first-order chi connectivity index (χ1) is 10.3. The molecular weight excluding hydrogens is 308 g/mol. The number of hydrazine groups is 2. The number of hydrogen-bond acceptors (Lipinski definition) is 5. The predicted molar refractivity (Wildman–Crippen MR) is 81.1 cm³/mol. The van der Waals surface area contributed by atoms with Crippen LogP contribution >= 0.6 is 0 Å². The van der Waals surface area contributed by atoms with Gasteiger partial charge in [0.1, 0.15) is 4.90 Å². The summed E-state index contributed by atoms with van der Waals surface area (Å²) in [5, 5.41) is 0.498. The highest BCUT2D eigenvalue weighted by Gasteiger charge is 2.22. The van der Waals surface area contributed by atoms with Crippen molar-refractivity contribution in [2.75, 3.05) is 5.01 Å². The zero-order chi connectivity index (χ0) is 16.3. The van der Waals surface area contributed by atoms with Gasteiger partial charge in [-0.05, 0) is 23.3 Å². The summed E-state index contributed by atoms with van der Waals surface area (Å²) in [7, 11) is -4.59. The summed E-state index contributed by atoms with van der Waals surface area (Å²) >= 11 is 0. The minimum Gasteiger partial charge on any atom is -0.282 e. The van der Waals surface area contributed by atoms with Crippen LogP contribution in [0.4, 0.5) is 10.5 Å². The van der Waals surface area contributed by atoms with Gasteiger partial charge < -0.3 is 0 Å². The van der Waals surface area contributed by atoms with Gasteiger partial charge in [-0.3, -0.25) is 9.98 Å². The molecule has 9 heteroatoms. The van der Waals surface area contributed by atoms with Crippen molar-refractivity contribution in [3.8, 4) is 11.1 Å². The Balaban J connectivity index is 2.61. The van der Waals surface area contributed by atoms with Gasteiger partial charge in [-0.25, -0.2) is 21.5 Å². The largest absolute Gasteiger partial charge is 0.350 e. The third-order valence-corrected chi connectivity index (χ3v) is 3.83. The van der Waals surface area contributed by atoms with Crippen molar-refractivity contribution in [1.29, 1.82) is 0 Å². The molecule has 0 saturated carbocycles. The molecule has 116 valence electrons. The maximum absolute atomic E-state index is 11.6. The van der Waals surface area contributed by atoms with Gasteiger partial charge in [0.25, 0.3) is 10.1 Å². The Morgan fingerprint density at radius 3 is 2.27 bits per heavy atom. The second-order valence-electron chi connectivity index (χ2n) is 4.34. The number of carbonyl (C=O) groups excluding carboxylic acids is 1. The summed E-state index contributed by atoms with van der Waals surface area (Å²) in [5.74, 6) is 10.5. The van der Waals surface area contributed by atoms with Crippen LogP contribution in [0.15, 0.2) is 53.4 Å². The molecule has 0 unspecified atom stereocenters. The minimum atomic E-state index is -4.59. The number of nitrogens with zero attached hydrogens (tertiary/aromatic N) is 1. The van der Waals surface area contributed by atoms with Gasteiger partial charge in [0, 0.05) is 0 Å². The molecule has 2 aromatic carbocycles. The highest BCUT2D eigenvalue weighted by atomic mass is 32.2. The van der Waals surface area contributed by atoms with E-state index in [2.05, 4.69) is 0 Å². The zero-order valence-corrected chi connectivity index (χ0v) is 12.1. The molecule has 6 N–H and O–H groups in total. The second kappa shape index (κ2) is 6.12. The van der Waals surface area contributed by atoms with Crippen LogP contribution < -0.4 is 22.1 Å². The van der Waals surface area contributed by atoms with Crippen LogP contribution in [0.2, 0.25) is 0 Å². The van der Waals surface area contributed by atoms with Crippen LogP contribution in [0.5, 0.6) is 0 Å². The average Bonchev–Trinajstić information content (AvgIpc) is 2.53. The van der Waals surface area contributed by atoms with E-state index in [-0.39, 0.29) is 5.69 Å². The summed E-state index contributed by atoms with van der Waals surface area (Å²) in [4.78, 5) is 10.9. The normalized spacial score (nSPS) is 11.0. The van der Waals surface area contributed by atoms with Crippen LogP contribution in [0.25, 0.3) is 11.1 Å². The van der Waals surface area contributed by atoms with Crippen LogP contribution in [0.3, 0.4) is 0 Å². The van der Waals surface area contributed by atoms with E-state index in [1.54, 1.807) is 35.8 Å². The van der Waals surface area contributed by atoms with Crippen molar-refractivity contribution < 1.29 is 17.8 Å². The lowest BCUT2D eigenvalue weighted by atomic mass is 10.1. The standard InChI is InChI=1S/C13H14N4O4S/c14-16-13(18)17(15)11-7-6-10(8-12(11)22(19,20)21)9-4-2-1-3-5-9/h1-8H,14-15H2,(H,16,18)(H,19,20,21). The quantitative estimate of drug-likeness (QED) is 0.286. The number of carbonyl (C=O) groups is 1. The molecule has 0 radical (unpaired) electrons. The van der Waals surface area contributed by atoms with E-state index in [0.29, 0.717) is 10.6 Å². The van der Waals surface area contributed by atoms with Crippen LogP contribution in [-0.2, 0) is 10.1 Å². The molecule has 2 rings (SSSR count). The molecule has 0 aliphatic rings. The van der Waals surface area contributed by atoms with Crippen molar-refractivity contribution >= 4 is 21.8 Å². The first-order valence-electron chi connectivity index (χ1n) is 6.07. The SMILES string of the molecule is NNC(=O)N(N)c1ccc(-c2ccccc2)cc1S(=O)(=O)O. The van der Waals surface area contributed by atoms with Gasteiger partial charge in [0.05, 0.1) is 5.69 Å². The minimum absolute atomic E-state index is 0.204. The molecule has 0 saturated heterocycles. The number of rotatable bonds is 3. The zero-order valence-electron chi connectivity index (χ0n) is 11.3. The highest BCUT2D eigenvalue weighted by Crippen LogP contribution is 2.29. The Bertz CT molecular complexity index is 793. The summed E-state index contributed by atoms with van der Waals surface area (Å²) < 4.78 is 32.5. The number of benzene rings is 2. The van der Waals surface area contributed by atoms with E-state index in [4.69, 9.17) is 11.7 Å². The lowest BCUT2D eigenvalue weighted by Gasteiger charge is -2.19. The topological polar surface area (TPSA) is 139 Å². The van der Waals surface area contributed by atoms with Gasteiger partial charge in [-0.2, -0.15) is 8.42 Å². The molecular formula is C13H14N4O4S. The molecule has 0 atom stereocenters. The van der Waals surface area contributed by atoms with E-state index in [0.717, 1.165) is 5.56 Å². The molecule has 2 aromatic rings. The molecule has 0 bridgehead atoms. The predicted octanol–water partition coefficient (Wildman–Crippen LogP) is 0.864. The number of hydrogen-bond donors (Lipinski definition) is 4. The van der Waals surface area contributed by atoms with Crippen LogP contribution in [0, 0.1) is 0 Å². The van der Waals surface area contributed by atoms with Gasteiger partial charge in [-0.1, -0.05) is 36.4 Å². The molecule has 0 aliphatic heterocycles. The van der Waals surface area contributed by atoms with Crippen molar-refractivity contribution in [1.82, 2.24) is 5.43 Å². The average molecular weight is 322 g/mol. The Kier molecular flexibility index (Phi) is 4.43. The third-order valence-electron chi connectivity index (χ3n) is 2.95. The van der Waals surface area contributed by atoms with Crippen LogP contribution in [0.1, 0.15) is 0 Å². The molecule has 0 fully saturated rings. The Labute approximate surface area is 127 Å². The van der Waals surface area contributed by atoms with E-state index in [1.807, 2.05) is 6.07 Å². The first-order valence-corrected chi connectivity index (χ1v) is 7.51. The molecule has 0 heterocycles. The van der Waals surface area contributed by atoms with Crippen molar-refractivity contribution in [2.45, 2.75) is 4.90 Å². The fourth-order valence-corrected chi connectivity index (χ4v) is 2.62. The fourth-order valence-electron chi connectivity index (χ4n) is 1.91. The number of urea groups is 1. The van der Waals surface area contributed by atoms with Crippen molar-refractivity contribution in [3.05, 3.63) is 48.5 Å². The van der Waals surface area contributed by atoms with E-state index < -0.39 is 21.0 Å². The van der Waals surface area contributed by atoms with Gasteiger partial charge >= 0.3 is 6.03 Å². The highest BCUT2D eigenvalue weighted by molar-refractivity contribution is 7.86. The smallest absolute Gasteiger partial charge is 0.282 e.